The van der Waals surface area contributed by atoms with Gasteiger partial charge in [-0.2, -0.15) is 0 Å². The minimum Gasteiger partial charge on any atom is -0.489 e. The van der Waals surface area contributed by atoms with Gasteiger partial charge in [0.2, 0.25) is 0 Å². The van der Waals surface area contributed by atoms with Gasteiger partial charge in [0.1, 0.15) is 36.6 Å². The number of benzene rings is 2. The fourth-order valence-corrected chi connectivity index (χ4v) is 3.81. The van der Waals surface area contributed by atoms with Crippen LogP contribution in [0.3, 0.4) is 0 Å². The molecule has 10 heteroatoms. The molecule has 0 saturated carbocycles. The van der Waals surface area contributed by atoms with Gasteiger partial charge in [-0.25, -0.2) is 0 Å². The Labute approximate surface area is 201 Å². The van der Waals surface area contributed by atoms with Crippen LogP contribution in [0.15, 0.2) is 65.3 Å². The third-order valence-electron chi connectivity index (χ3n) is 5.72. The van der Waals surface area contributed by atoms with Crippen molar-refractivity contribution in [2.45, 2.75) is 39.0 Å². The van der Waals surface area contributed by atoms with Crippen LogP contribution in [0.1, 0.15) is 25.2 Å². The Bertz CT molecular complexity index is 1300. The Morgan fingerprint density at radius 2 is 1.83 bits per heavy atom. The minimum atomic E-state index is -0.673. The molecule has 0 radical (unpaired) electrons. The van der Waals surface area contributed by atoms with Crippen LogP contribution in [-0.2, 0) is 19.6 Å². The van der Waals surface area contributed by atoms with Crippen molar-refractivity contribution < 1.29 is 23.7 Å². The molecule has 3 heterocycles. The molecule has 0 saturated heterocycles. The van der Waals surface area contributed by atoms with Crippen LogP contribution in [0.25, 0.3) is 11.3 Å². The second kappa shape index (κ2) is 9.13. The van der Waals surface area contributed by atoms with Crippen LogP contribution in [-0.4, -0.2) is 31.8 Å². The summed E-state index contributed by atoms with van der Waals surface area (Å²) >= 11 is 0. The molecule has 5 rings (SSSR count). The lowest BCUT2D eigenvalue weighted by Crippen LogP contribution is -2.38. The zero-order valence-electron chi connectivity index (χ0n) is 19.3. The maximum atomic E-state index is 10.9. The van der Waals surface area contributed by atoms with Gasteiger partial charge in [-0.3, -0.25) is 4.57 Å². The second-order valence-electron chi connectivity index (χ2n) is 8.60. The van der Waals surface area contributed by atoms with Gasteiger partial charge in [0.25, 0.3) is 0 Å². The van der Waals surface area contributed by atoms with E-state index in [1.807, 2.05) is 61.5 Å². The highest BCUT2D eigenvalue weighted by atomic mass is 16.6. The average Bonchev–Trinajstić information content (AvgIpc) is 3.56. The fraction of sp³-hybridized carbons (Fsp3) is 0.280. The van der Waals surface area contributed by atoms with Crippen molar-refractivity contribution in [2.24, 2.45) is 0 Å². The van der Waals surface area contributed by atoms with Gasteiger partial charge < -0.3 is 28.8 Å². The Kier molecular flexibility index (Phi) is 5.86. The van der Waals surface area contributed by atoms with E-state index < -0.39 is 10.5 Å². The number of fused-ring (bicyclic) bond motifs is 1. The molecule has 0 amide bonds. The molecule has 0 fully saturated rings. The van der Waals surface area contributed by atoms with Crippen LogP contribution in [0.5, 0.6) is 17.5 Å². The van der Waals surface area contributed by atoms with E-state index in [-0.39, 0.29) is 18.4 Å². The number of aryl methyl sites for hydroxylation is 1. The standard InChI is InChI=1S/C25H24N4O6/c1-3-17-4-8-19(9-5-17)32-14-21-12-22(27-35-21)18-6-10-20(11-7-18)33-16-25(2)15-28-13-23(29(30)31)26-24(28)34-25/h4-13H,3,14-16H2,1-2H3/t25-/m1/s1. The van der Waals surface area contributed by atoms with Crippen LogP contribution < -0.4 is 14.2 Å². The third kappa shape index (κ3) is 4.96. The predicted octanol–water partition coefficient (Wildman–Crippen LogP) is 4.82. The van der Waals surface area contributed by atoms with E-state index in [1.54, 1.807) is 4.57 Å². The van der Waals surface area contributed by atoms with E-state index in [2.05, 4.69) is 17.1 Å². The van der Waals surface area contributed by atoms with Crippen molar-refractivity contribution in [1.82, 2.24) is 14.7 Å². The van der Waals surface area contributed by atoms with Gasteiger partial charge in [0.05, 0.1) is 6.54 Å². The summed E-state index contributed by atoms with van der Waals surface area (Å²) in [5.41, 5.74) is 2.17. The maximum Gasteiger partial charge on any atom is 0.415 e. The van der Waals surface area contributed by atoms with Crippen LogP contribution in [0.2, 0.25) is 0 Å². The van der Waals surface area contributed by atoms with Crippen molar-refractivity contribution in [3.63, 3.8) is 0 Å². The first-order valence-electron chi connectivity index (χ1n) is 11.2. The summed E-state index contributed by atoms with van der Waals surface area (Å²) in [7, 11) is 0. The highest BCUT2D eigenvalue weighted by Crippen LogP contribution is 2.32. The molecule has 10 nitrogen and oxygen atoms in total. The Balaban J connectivity index is 1.14. The van der Waals surface area contributed by atoms with Crippen molar-refractivity contribution in [2.75, 3.05) is 6.61 Å². The number of hydrogen-bond donors (Lipinski definition) is 0. The van der Waals surface area contributed by atoms with Gasteiger partial charge in [-0.05, 0) is 60.2 Å². The summed E-state index contributed by atoms with van der Waals surface area (Å²) in [5.74, 6) is 1.84. The normalized spacial score (nSPS) is 16.5. The smallest absolute Gasteiger partial charge is 0.415 e. The number of hydrogen-bond acceptors (Lipinski definition) is 8. The number of aromatic nitrogens is 3. The molecule has 0 aliphatic carbocycles. The summed E-state index contributed by atoms with van der Waals surface area (Å²) in [5, 5.41) is 15.0. The first-order valence-corrected chi connectivity index (χ1v) is 11.2. The quantitative estimate of drug-likeness (QED) is 0.249. The first kappa shape index (κ1) is 22.5. The van der Waals surface area contributed by atoms with Gasteiger partial charge in [0.15, 0.2) is 11.4 Å². The number of ether oxygens (including phenoxy) is 3. The maximum absolute atomic E-state index is 10.9. The van der Waals surface area contributed by atoms with Gasteiger partial charge in [-0.1, -0.05) is 24.2 Å². The summed E-state index contributed by atoms with van der Waals surface area (Å²) in [6.07, 6.45) is 2.36. The Morgan fingerprint density at radius 3 is 2.51 bits per heavy atom. The molecular formula is C25H24N4O6. The zero-order chi connectivity index (χ0) is 24.4. The SMILES string of the molecule is CCc1ccc(OCc2cc(-c3ccc(OC[C@@]4(C)Cn5cc([N+](=O)[O-])nc5O4)cc3)no2)cc1. The van der Waals surface area contributed by atoms with Crippen molar-refractivity contribution in [3.05, 3.63) is 82.2 Å². The molecule has 1 atom stereocenters. The average molecular weight is 476 g/mol. The molecule has 0 bridgehead atoms. The predicted molar refractivity (Wildman–Crippen MR) is 126 cm³/mol. The van der Waals surface area contributed by atoms with E-state index in [0.29, 0.717) is 30.4 Å². The van der Waals surface area contributed by atoms with E-state index >= 15 is 0 Å². The van der Waals surface area contributed by atoms with E-state index in [9.17, 15) is 10.1 Å². The van der Waals surface area contributed by atoms with E-state index in [0.717, 1.165) is 17.7 Å². The molecule has 2 aromatic carbocycles. The molecular weight excluding hydrogens is 452 g/mol. The zero-order valence-corrected chi connectivity index (χ0v) is 19.3. The van der Waals surface area contributed by atoms with Crippen molar-refractivity contribution in [1.29, 1.82) is 0 Å². The summed E-state index contributed by atoms with van der Waals surface area (Å²) in [6, 6.07) is 17.5. The van der Waals surface area contributed by atoms with Gasteiger partial charge in [0, 0.05) is 16.6 Å². The van der Waals surface area contributed by atoms with Gasteiger partial charge in [-0.15, -0.1) is 0 Å². The van der Waals surface area contributed by atoms with Crippen molar-refractivity contribution >= 4 is 5.82 Å². The molecule has 1 aliphatic rings. The number of nitro groups is 1. The monoisotopic (exact) mass is 476 g/mol. The molecule has 2 aromatic heterocycles. The van der Waals surface area contributed by atoms with E-state index in [4.69, 9.17) is 18.7 Å². The number of nitrogens with zero attached hydrogens (tertiary/aromatic N) is 4. The largest absolute Gasteiger partial charge is 0.489 e. The molecule has 0 N–H and O–H groups in total. The summed E-state index contributed by atoms with van der Waals surface area (Å²) < 4.78 is 24.5. The highest BCUT2D eigenvalue weighted by Gasteiger charge is 2.41. The van der Waals surface area contributed by atoms with Gasteiger partial charge >= 0.3 is 11.8 Å². The molecule has 1 aliphatic heterocycles. The molecule has 0 unspecified atom stereocenters. The number of imidazole rings is 1. The van der Waals surface area contributed by atoms with Crippen LogP contribution in [0.4, 0.5) is 5.82 Å². The molecule has 0 spiro atoms. The first-order chi connectivity index (χ1) is 16.9. The highest BCUT2D eigenvalue weighted by molar-refractivity contribution is 5.59. The Hall–Kier alpha value is -4.34. The summed E-state index contributed by atoms with van der Waals surface area (Å²) in [4.78, 5) is 14.2. The van der Waals surface area contributed by atoms with Crippen molar-refractivity contribution in [3.8, 4) is 28.8 Å². The fourth-order valence-electron chi connectivity index (χ4n) is 3.81. The lowest BCUT2D eigenvalue weighted by atomic mass is 10.1. The minimum absolute atomic E-state index is 0.224. The number of rotatable bonds is 9. The molecule has 180 valence electrons. The van der Waals surface area contributed by atoms with Crippen LogP contribution >= 0.6 is 0 Å². The Morgan fingerprint density at radius 1 is 1.11 bits per heavy atom. The van der Waals surface area contributed by atoms with Crippen LogP contribution in [0, 0.1) is 10.1 Å². The lowest BCUT2D eigenvalue weighted by Gasteiger charge is -2.22. The topological polar surface area (TPSA) is 115 Å². The lowest BCUT2D eigenvalue weighted by molar-refractivity contribution is -0.389. The summed E-state index contributed by atoms with van der Waals surface area (Å²) in [6.45, 7) is 4.95. The third-order valence-corrected chi connectivity index (χ3v) is 5.72. The molecule has 35 heavy (non-hydrogen) atoms. The molecule has 4 aromatic rings. The van der Waals surface area contributed by atoms with E-state index in [1.165, 1.54) is 11.8 Å². The second-order valence-corrected chi connectivity index (χ2v) is 8.60.